The van der Waals surface area contributed by atoms with Gasteiger partial charge in [-0.05, 0) is 18.6 Å². The number of hydrogen-bond acceptors (Lipinski definition) is 4. The first-order valence-electron chi connectivity index (χ1n) is 7.53. The molecule has 0 aliphatic carbocycles. The smallest absolute Gasteiger partial charge is 0.230 e. The van der Waals surface area contributed by atoms with E-state index in [1.54, 1.807) is 17.3 Å². The summed E-state index contributed by atoms with van der Waals surface area (Å²) in [6.45, 7) is 3.32. The van der Waals surface area contributed by atoms with Gasteiger partial charge in [0.25, 0.3) is 0 Å². The van der Waals surface area contributed by atoms with Crippen molar-refractivity contribution < 1.29 is 14.3 Å². The van der Waals surface area contributed by atoms with E-state index < -0.39 is 5.41 Å². The Kier molecular flexibility index (Phi) is 3.87. The van der Waals surface area contributed by atoms with Crippen molar-refractivity contribution in [2.45, 2.75) is 19.4 Å². The molecule has 0 unspecified atom stereocenters. The zero-order chi connectivity index (χ0) is 15.7. The lowest BCUT2D eigenvalue weighted by atomic mass is 9.87. The molecule has 3 rings (SSSR count). The van der Waals surface area contributed by atoms with Gasteiger partial charge in [0.05, 0.1) is 24.7 Å². The molecule has 2 aliphatic rings. The second kappa shape index (κ2) is 5.68. The minimum Gasteiger partial charge on any atom is -0.379 e. The minimum atomic E-state index is -0.418. The van der Waals surface area contributed by atoms with Crippen molar-refractivity contribution in [2.75, 3.05) is 26.8 Å². The van der Waals surface area contributed by atoms with Crippen molar-refractivity contribution in [3.05, 3.63) is 30.1 Å². The van der Waals surface area contributed by atoms with Gasteiger partial charge < -0.3 is 15.0 Å². The van der Waals surface area contributed by atoms with Crippen LogP contribution in [0.25, 0.3) is 0 Å². The maximum atomic E-state index is 12.2. The topological polar surface area (TPSA) is 71.5 Å². The summed E-state index contributed by atoms with van der Waals surface area (Å²) in [4.78, 5) is 30.1. The normalized spacial score (nSPS) is 26.6. The van der Waals surface area contributed by atoms with Crippen molar-refractivity contribution in [3.63, 3.8) is 0 Å². The number of aromatic nitrogens is 1. The molecule has 2 aliphatic heterocycles. The largest absolute Gasteiger partial charge is 0.379 e. The number of amides is 2. The van der Waals surface area contributed by atoms with Crippen LogP contribution in [0.15, 0.2) is 24.5 Å². The summed E-state index contributed by atoms with van der Waals surface area (Å²) in [5.74, 6) is 0.173. The highest BCUT2D eigenvalue weighted by atomic mass is 16.5. The monoisotopic (exact) mass is 303 g/mol. The first kappa shape index (κ1) is 15.0. The standard InChI is InChI=1S/C16H21N3O3/c1-16(9-22-10-16)15(21)18-8-12-6-13(20)19(2)14(12)11-4-3-5-17-7-11/h3-5,7,12,14H,6,8-10H2,1-2H3,(H,18,21)/t12-,14-/m0/s1. The highest BCUT2D eigenvalue weighted by Crippen LogP contribution is 2.36. The molecule has 0 aromatic carbocycles. The van der Waals surface area contributed by atoms with Gasteiger partial charge in [-0.15, -0.1) is 0 Å². The Bertz CT molecular complexity index is 571. The molecule has 2 fully saturated rings. The summed E-state index contributed by atoms with van der Waals surface area (Å²) >= 11 is 0. The van der Waals surface area contributed by atoms with Gasteiger partial charge in [-0.1, -0.05) is 6.07 Å². The van der Waals surface area contributed by atoms with Crippen molar-refractivity contribution in [1.82, 2.24) is 15.2 Å². The molecule has 22 heavy (non-hydrogen) atoms. The van der Waals surface area contributed by atoms with E-state index in [1.807, 2.05) is 26.1 Å². The van der Waals surface area contributed by atoms with Crippen molar-refractivity contribution in [2.24, 2.45) is 11.3 Å². The molecule has 0 bridgehead atoms. The molecule has 2 amide bonds. The number of hydrogen-bond donors (Lipinski definition) is 1. The zero-order valence-electron chi connectivity index (χ0n) is 12.9. The Morgan fingerprint density at radius 3 is 2.91 bits per heavy atom. The number of carbonyl (C=O) groups is 2. The second-order valence-corrected chi connectivity index (χ2v) is 6.46. The van der Waals surface area contributed by atoms with E-state index in [9.17, 15) is 9.59 Å². The van der Waals surface area contributed by atoms with E-state index in [1.165, 1.54) is 0 Å². The fourth-order valence-corrected chi connectivity index (χ4v) is 3.16. The van der Waals surface area contributed by atoms with Crippen LogP contribution in [-0.4, -0.2) is 48.5 Å². The maximum absolute atomic E-state index is 12.2. The van der Waals surface area contributed by atoms with Gasteiger partial charge in [0.1, 0.15) is 0 Å². The molecule has 0 radical (unpaired) electrons. The lowest BCUT2D eigenvalue weighted by Crippen LogP contribution is -2.52. The van der Waals surface area contributed by atoms with Gasteiger partial charge in [0, 0.05) is 38.3 Å². The molecule has 0 saturated carbocycles. The van der Waals surface area contributed by atoms with Crippen LogP contribution in [0.1, 0.15) is 24.9 Å². The van der Waals surface area contributed by atoms with Crippen molar-refractivity contribution in [1.29, 1.82) is 0 Å². The van der Waals surface area contributed by atoms with Crippen LogP contribution in [0.5, 0.6) is 0 Å². The summed E-state index contributed by atoms with van der Waals surface area (Å²) in [5.41, 5.74) is 0.589. The van der Waals surface area contributed by atoms with Gasteiger partial charge >= 0.3 is 0 Å². The maximum Gasteiger partial charge on any atom is 0.230 e. The number of rotatable bonds is 4. The van der Waals surface area contributed by atoms with Gasteiger partial charge in [0.15, 0.2) is 0 Å². The molecule has 1 aromatic heterocycles. The van der Waals surface area contributed by atoms with Crippen LogP contribution in [0.2, 0.25) is 0 Å². The molecular weight excluding hydrogens is 282 g/mol. The van der Waals surface area contributed by atoms with Gasteiger partial charge in [-0.3, -0.25) is 14.6 Å². The first-order valence-corrected chi connectivity index (χ1v) is 7.53. The van der Waals surface area contributed by atoms with Crippen molar-refractivity contribution in [3.8, 4) is 0 Å². The summed E-state index contributed by atoms with van der Waals surface area (Å²) in [7, 11) is 1.81. The molecule has 6 nitrogen and oxygen atoms in total. The van der Waals surface area contributed by atoms with Gasteiger partial charge in [0.2, 0.25) is 11.8 Å². The summed E-state index contributed by atoms with van der Waals surface area (Å²) in [6.07, 6.45) is 3.95. The number of carbonyl (C=O) groups excluding carboxylic acids is 2. The van der Waals surface area contributed by atoms with E-state index in [4.69, 9.17) is 4.74 Å². The number of likely N-dealkylation sites (tertiary alicyclic amines) is 1. The predicted octanol–water partition coefficient (Wildman–Crippen LogP) is 0.754. The molecular formula is C16H21N3O3. The van der Waals surface area contributed by atoms with E-state index in [0.717, 1.165) is 5.56 Å². The Morgan fingerprint density at radius 1 is 1.55 bits per heavy atom. The lowest BCUT2D eigenvalue weighted by molar-refractivity contribution is -0.157. The minimum absolute atomic E-state index is 0.00527. The predicted molar refractivity (Wildman–Crippen MR) is 79.8 cm³/mol. The third-order valence-electron chi connectivity index (χ3n) is 4.63. The SMILES string of the molecule is CN1C(=O)C[C@@H](CNC(=O)C2(C)COC2)[C@@H]1c1cccnc1. The third kappa shape index (κ3) is 2.59. The number of nitrogens with one attached hydrogen (secondary N) is 1. The Hall–Kier alpha value is -1.95. The Balaban J connectivity index is 1.69. The summed E-state index contributed by atoms with van der Waals surface area (Å²) in [5, 5.41) is 2.99. The van der Waals surface area contributed by atoms with Crippen LogP contribution < -0.4 is 5.32 Å². The molecule has 2 atom stereocenters. The van der Waals surface area contributed by atoms with Crippen LogP contribution in [0.3, 0.4) is 0 Å². The van der Waals surface area contributed by atoms with E-state index in [2.05, 4.69) is 10.3 Å². The van der Waals surface area contributed by atoms with Crippen LogP contribution >= 0.6 is 0 Å². The van der Waals surface area contributed by atoms with Crippen LogP contribution in [0.4, 0.5) is 0 Å². The average molecular weight is 303 g/mol. The van der Waals surface area contributed by atoms with Crippen LogP contribution in [0, 0.1) is 11.3 Å². The van der Waals surface area contributed by atoms with E-state index in [-0.39, 0.29) is 23.8 Å². The highest BCUT2D eigenvalue weighted by Gasteiger charge is 2.43. The molecule has 0 spiro atoms. The fraction of sp³-hybridized carbons (Fsp3) is 0.562. The number of pyridine rings is 1. The first-order chi connectivity index (χ1) is 10.5. The molecule has 2 saturated heterocycles. The van der Waals surface area contributed by atoms with E-state index >= 15 is 0 Å². The van der Waals surface area contributed by atoms with Crippen molar-refractivity contribution >= 4 is 11.8 Å². The molecule has 3 heterocycles. The van der Waals surface area contributed by atoms with Gasteiger partial charge in [-0.25, -0.2) is 0 Å². The number of ether oxygens (including phenoxy) is 1. The fourth-order valence-electron chi connectivity index (χ4n) is 3.16. The lowest BCUT2D eigenvalue weighted by Gasteiger charge is -2.36. The Labute approximate surface area is 129 Å². The number of nitrogens with zero attached hydrogens (tertiary/aromatic N) is 2. The molecule has 118 valence electrons. The average Bonchev–Trinajstić information content (AvgIpc) is 2.78. The van der Waals surface area contributed by atoms with Crippen LogP contribution in [-0.2, 0) is 14.3 Å². The quantitative estimate of drug-likeness (QED) is 0.891. The van der Waals surface area contributed by atoms with E-state index in [0.29, 0.717) is 26.2 Å². The summed E-state index contributed by atoms with van der Waals surface area (Å²) in [6, 6.07) is 3.81. The summed E-state index contributed by atoms with van der Waals surface area (Å²) < 4.78 is 5.12. The van der Waals surface area contributed by atoms with Gasteiger partial charge in [-0.2, -0.15) is 0 Å². The molecule has 1 N–H and O–H groups in total. The third-order valence-corrected chi connectivity index (χ3v) is 4.63. The molecule has 1 aromatic rings. The highest BCUT2D eigenvalue weighted by molar-refractivity contribution is 5.83. The second-order valence-electron chi connectivity index (χ2n) is 6.46. The molecule has 6 heteroatoms. The Morgan fingerprint density at radius 2 is 2.32 bits per heavy atom. The zero-order valence-corrected chi connectivity index (χ0v) is 12.9.